The number of H-pyrrole nitrogens is 1. The summed E-state index contributed by atoms with van der Waals surface area (Å²) in [6.45, 7) is 0. The fourth-order valence-corrected chi connectivity index (χ4v) is 2.62. The molecule has 4 nitrogen and oxygen atoms in total. The van der Waals surface area contributed by atoms with Gasteiger partial charge in [0.05, 0.1) is 0 Å². The number of carboxylic acid groups (broad SMARTS) is 1. The highest BCUT2D eigenvalue weighted by molar-refractivity contribution is 7.11. The summed E-state index contributed by atoms with van der Waals surface area (Å²) >= 11 is 0.744. The second-order valence-corrected chi connectivity index (χ2v) is 4.68. The van der Waals surface area contributed by atoms with Gasteiger partial charge in [-0.15, -0.1) is 0 Å². The number of carbonyl (C=O) groups is 1. The van der Waals surface area contributed by atoms with Gasteiger partial charge in [0.25, 0.3) is 4.74 Å². The Hall–Kier alpha value is -2.14. The molecule has 0 atom stereocenters. The van der Waals surface area contributed by atoms with E-state index < -0.39 is 5.97 Å². The summed E-state index contributed by atoms with van der Waals surface area (Å²) in [4.78, 5) is 25.8. The summed E-state index contributed by atoms with van der Waals surface area (Å²) in [6.07, 6.45) is 0. The van der Waals surface area contributed by atoms with Gasteiger partial charge in [0.15, 0.2) is 0 Å². The van der Waals surface area contributed by atoms with Crippen molar-refractivity contribution in [3.8, 4) is 0 Å². The molecule has 0 aliphatic rings. The molecule has 0 aliphatic carbocycles. The predicted molar refractivity (Wildman–Crippen MR) is 66.9 cm³/mol. The Balaban J connectivity index is 2.55. The van der Waals surface area contributed by atoms with Crippen molar-refractivity contribution in [2.75, 3.05) is 0 Å². The van der Waals surface area contributed by atoms with Crippen LogP contribution < -0.4 is 4.74 Å². The van der Waals surface area contributed by atoms with Crippen molar-refractivity contribution in [1.29, 1.82) is 0 Å². The van der Waals surface area contributed by atoms with E-state index in [9.17, 15) is 9.59 Å². The number of aromatic amines is 1. The molecule has 0 saturated carbocycles. The number of rotatable bonds is 1. The van der Waals surface area contributed by atoms with E-state index in [2.05, 4.69) is 4.98 Å². The van der Waals surface area contributed by atoms with E-state index in [4.69, 9.17) is 5.11 Å². The Morgan fingerprint density at radius 2 is 2.00 bits per heavy atom. The van der Waals surface area contributed by atoms with Crippen LogP contribution in [0.3, 0.4) is 0 Å². The van der Waals surface area contributed by atoms with E-state index in [1.807, 2.05) is 24.3 Å². The lowest BCUT2D eigenvalue weighted by molar-refractivity contribution is 0.0702. The number of nitrogens with one attached hydrogen (secondary N) is 1. The van der Waals surface area contributed by atoms with E-state index in [0.717, 1.165) is 22.2 Å². The molecule has 0 radical (unpaired) electrons. The van der Waals surface area contributed by atoms with Crippen LogP contribution in [0.25, 0.3) is 21.8 Å². The van der Waals surface area contributed by atoms with Gasteiger partial charge in [-0.05, 0) is 12.1 Å². The molecule has 0 fully saturated rings. The molecule has 0 spiro atoms. The first-order valence-corrected chi connectivity index (χ1v) is 5.76. The third-order valence-corrected chi connectivity index (χ3v) is 3.54. The molecule has 0 amide bonds. The maximum atomic E-state index is 11.8. The maximum absolute atomic E-state index is 11.8. The van der Waals surface area contributed by atoms with Crippen molar-refractivity contribution >= 4 is 39.1 Å². The van der Waals surface area contributed by atoms with Gasteiger partial charge in [-0.1, -0.05) is 29.5 Å². The zero-order valence-corrected chi connectivity index (χ0v) is 9.38. The van der Waals surface area contributed by atoms with Gasteiger partial charge in [-0.2, -0.15) is 0 Å². The van der Waals surface area contributed by atoms with Gasteiger partial charge < -0.3 is 10.1 Å². The van der Waals surface area contributed by atoms with Crippen molar-refractivity contribution in [3.63, 3.8) is 0 Å². The van der Waals surface area contributed by atoms with Crippen LogP contribution in [0.1, 0.15) is 9.67 Å². The Labute approximate surface area is 99.1 Å². The van der Waals surface area contributed by atoms with Crippen molar-refractivity contribution in [1.82, 2.24) is 4.98 Å². The first-order valence-electron chi connectivity index (χ1n) is 4.94. The quantitative estimate of drug-likeness (QED) is 0.691. The van der Waals surface area contributed by atoms with Gasteiger partial charge in [0, 0.05) is 16.3 Å². The molecule has 3 rings (SSSR count). The predicted octanol–water partition coefficient (Wildman–Crippen LogP) is 2.44. The van der Waals surface area contributed by atoms with E-state index in [-0.39, 0.29) is 9.62 Å². The number of benzene rings is 1. The lowest BCUT2D eigenvalue weighted by atomic mass is 10.2. The van der Waals surface area contributed by atoms with Crippen molar-refractivity contribution in [3.05, 3.63) is 44.7 Å². The van der Waals surface area contributed by atoms with Crippen LogP contribution in [0.5, 0.6) is 0 Å². The number of carboxylic acids is 1. The van der Waals surface area contributed by atoms with Crippen molar-refractivity contribution in [2.45, 2.75) is 0 Å². The lowest BCUT2D eigenvalue weighted by Crippen LogP contribution is -2.01. The summed E-state index contributed by atoms with van der Waals surface area (Å²) in [5.74, 6) is -1.07. The highest BCUT2D eigenvalue weighted by Gasteiger charge is 2.12. The van der Waals surface area contributed by atoms with Gasteiger partial charge in [0.2, 0.25) is 0 Å². The van der Waals surface area contributed by atoms with Crippen LogP contribution in [0.2, 0.25) is 0 Å². The van der Waals surface area contributed by atoms with Crippen molar-refractivity contribution in [2.24, 2.45) is 0 Å². The third kappa shape index (κ3) is 1.43. The second kappa shape index (κ2) is 3.43. The number of para-hydroxylation sites is 1. The molecule has 0 saturated heterocycles. The van der Waals surface area contributed by atoms with Gasteiger partial charge >= 0.3 is 5.97 Å². The number of aromatic carboxylic acids is 1. The molecule has 3 aromatic rings. The molecule has 17 heavy (non-hydrogen) atoms. The summed E-state index contributed by atoms with van der Waals surface area (Å²) in [5.41, 5.74) is 1.32. The molecule has 5 heteroatoms. The maximum Gasteiger partial charge on any atom is 0.346 e. The molecule has 2 N–H and O–H groups in total. The molecular formula is C12H7NO3S. The number of fused-ring (bicyclic) bond motifs is 3. The Morgan fingerprint density at radius 3 is 2.76 bits per heavy atom. The van der Waals surface area contributed by atoms with Crippen LogP contribution in [0.15, 0.2) is 35.1 Å². The molecular weight excluding hydrogens is 238 g/mol. The molecule has 84 valence electrons. The minimum Gasteiger partial charge on any atom is -0.477 e. The molecule has 2 aromatic heterocycles. The Bertz CT molecular complexity index is 800. The van der Waals surface area contributed by atoms with E-state index in [1.165, 1.54) is 0 Å². The topological polar surface area (TPSA) is 70.2 Å². The molecule has 2 heterocycles. The standard InChI is InChI=1S/C12H7NO3S/c14-11(15)9-5-7-6-3-1-2-4-8(6)13-10(7)12(16)17-9/h1-5,13H,(H,14,15). The van der Waals surface area contributed by atoms with Crippen LogP contribution in [0.4, 0.5) is 0 Å². The smallest absolute Gasteiger partial charge is 0.346 e. The number of hydrogen-bond acceptors (Lipinski definition) is 3. The highest BCUT2D eigenvalue weighted by Crippen LogP contribution is 2.25. The summed E-state index contributed by atoms with van der Waals surface area (Å²) in [5, 5.41) is 10.5. The lowest BCUT2D eigenvalue weighted by Gasteiger charge is -1.93. The monoisotopic (exact) mass is 245 g/mol. The SMILES string of the molecule is O=C(O)c1cc2c([nH]c3ccccc32)c(=O)s1. The normalized spacial score (nSPS) is 11.1. The van der Waals surface area contributed by atoms with Crippen LogP contribution in [-0.4, -0.2) is 16.1 Å². The second-order valence-electron chi connectivity index (χ2n) is 3.66. The van der Waals surface area contributed by atoms with Crippen LogP contribution in [-0.2, 0) is 0 Å². The Kier molecular flexibility index (Phi) is 2.02. The fraction of sp³-hybridized carbons (Fsp3) is 0. The molecule has 1 aromatic carbocycles. The zero-order chi connectivity index (χ0) is 12.0. The number of hydrogen-bond donors (Lipinski definition) is 2. The first kappa shape index (κ1) is 10.0. The average Bonchev–Trinajstić information content (AvgIpc) is 2.68. The van der Waals surface area contributed by atoms with E-state index in [1.54, 1.807) is 6.07 Å². The Morgan fingerprint density at radius 1 is 1.24 bits per heavy atom. The highest BCUT2D eigenvalue weighted by atomic mass is 32.1. The summed E-state index contributed by atoms with van der Waals surface area (Å²) in [7, 11) is 0. The molecule has 0 bridgehead atoms. The van der Waals surface area contributed by atoms with E-state index >= 15 is 0 Å². The summed E-state index contributed by atoms with van der Waals surface area (Å²) in [6, 6.07) is 8.99. The average molecular weight is 245 g/mol. The number of aromatic nitrogens is 1. The summed E-state index contributed by atoms with van der Waals surface area (Å²) < 4.78 is -0.254. The van der Waals surface area contributed by atoms with Crippen LogP contribution in [0, 0.1) is 0 Å². The van der Waals surface area contributed by atoms with E-state index in [0.29, 0.717) is 10.9 Å². The van der Waals surface area contributed by atoms with Gasteiger partial charge in [-0.3, -0.25) is 4.79 Å². The van der Waals surface area contributed by atoms with Gasteiger partial charge in [-0.25, -0.2) is 4.79 Å². The van der Waals surface area contributed by atoms with Gasteiger partial charge in [0.1, 0.15) is 10.4 Å². The van der Waals surface area contributed by atoms with Crippen molar-refractivity contribution < 1.29 is 9.90 Å². The minimum atomic E-state index is -1.07. The fourth-order valence-electron chi connectivity index (χ4n) is 1.89. The molecule has 0 aliphatic heterocycles. The zero-order valence-electron chi connectivity index (χ0n) is 8.56. The molecule has 0 unspecified atom stereocenters. The largest absolute Gasteiger partial charge is 0.477 e. The van der Waals surface area contributed by atoms with Crippen LogP contribution >= 0.6 is 11.3 Å². The first-order chi connectivity index (χ1) is 8.16. The third-order valence-electron chi connectivity index (χ3n) is 2.64. The minimum absolute atomic E-state index is 0.0623.